The fraction of sp³-hybridized carbons (Fsp3) is 0.455. The van der Waals surface area contributed by atoms with Gasteiger partial charge in [-0.25, -0.2) is 4.98 Å². The second kappa shape index (κ2) is 3.78. The van der Waals surface area contributed by atoms with Crippen LogP contribution < -0.4 is 4.74 Å². The highest BCUT2D eigenvalue weighted by atomic mass is 16.5. The van der Waals surface area contributed by atoms with E-state index in [9.17, 15) is 4.79 Å². The molecule has 0 unspecified atom stereocenters. The number of hydrogen-bond acceptors (Lipinski definition) is 3. The third kappa shape index (κ3) is 2.10. The summed E-state index contributed by atoms with van der Waals surface area (Å²) in [6, 6.07) is 3.68. The van der Waals surface area contributed by atoms with Gasteiger partial charge in [0.05, 0.1) is 7.11 Å². The molecule has 0 aliphatic heterocycles. The summed E-state index contributed by atoms with van der Waals surface area (Å²) in [5.41, 5.74) is 0.994. The van der Waals surface area contributed by atoms with Crippen molar-refractivity contribution < 1.29 is 9.53 Å². The maximum atomic E-state index is 11.5. The molecule has 0 atom stereocenters. The number of nitrogens with zero attached hydrogens (tertiary/aromatic N) is 1. The zero-order valence-electron chi connectivity index (χ0n) is 8.19. The number of pyridine rings is 1. The van der Waals surface area contributed by atoms with Crippen molar-refractivity contribution in [2.75, 3.05) is 7.11 Å². The van der Waals surface area contributed by atoms with Crippen molar-refractivity contribution >= 4 is 5.78 Å². The summed E-state index contributed by atoms with van der Waals surface area (Å²) in [6.45, 7) is 0. The molecule has 3 heteroatoms. The van der Waals surface area contributed by atoms with Gasteiger partial charge in [-0.2, -0.15) is 0 Å². The Bertz CT molecular complexity index is 345. The van der Waals surface area contributed by atoms with Crippen LogP contribution in [0.25, 0.3) is 0 Å². The van der Waals surface area contributed by atoms with Gasteiger partial charge in [-0.1, -0.05) is 0 Å². The lowest BCUT2D eigenvalue weighted by atomic mass is 10.1. The lowest BCUT2D eigenvalue weighted by Crippen LogP contribution is -2.04. The van der Waals surface area contributed by atoms with Crippen molar-refractivity contribution in [3.05, 3.63) is 23.9 Å². The van der Waals surface area contributed by atoms with E-state index >= 15 is 0 Å². The first-order valence-electron chi connectivity index (χ1n) is 4.81. The SMILES string of the molecule is COc1cc(CC(=O)C2CC2)ccn1. The number of ether oxygens (including phenoxy) is 1. The summed E-state index contributed by atoms with van der Waals surface area (Å²) in [6.07, 6.45) is 4.33. The molecule has 0 saturated heterocycles. The van der Waals surface area contributed by atoms with Crippen LogP contribution in [-0.2, 0) is 11.2 Å². The predicted octanol–water partition coefficient (Wildman–Crippen LogP) is 1.61. The largest absolute Gasteiger partial charge is 0.481 e. The molecule has 1 fully saturated rings. The van der Waals surface area contributed by atoms with E-state index in [-0.39, 0.29) is 0 Å². The Morgan fingerprint density at radius 3 is 3.07 bits per heavy atom. The van der Waals surface area contributed by atoms with Gasteiger partial charge in [0, 0.05) is 24.6 Å². The monoisotopic (exact) mass is 191 g/mol. The average Bonchev–Trinajstić information content (AvgIpc) is 3.01. The van der Waals surface area contributed by atoms with Crippen LogP contribution >= 0.6 is 0 Å². The van der Waals surface area contributed by atoms with Gasteiger partial charge in [-0.3, -0.25) is 4.79 Å². The molecule has 1 aliphatic carbocycles. The summed E-state index contributed by atoms with van der Waals surface area (Å²) in [7, 11) is 1.58. The maximum absolute atomic E-state index is 11.5. The van der Waals surface area contributed by atoms with Gasteiger partial charge < -0.3 is 4.74 Å². The predicted molar refractivity (Wildman–Crippen MR) is 52.2 cm³/mol. The lowest BCUT2D eigenvalue weighted by molar-refractivity contribution is -0.119. The summed E-state index contributed by atoms with van der Waals surface area (Å²) >= 11 is 0. The van der Waals surface area contributed by atoms with Gasteiger partial charge in [0.1, 0.15) is 5.78 Å². The number of Topliss-reactive ketones (excluding diaryl/α,β-unsaturated/α-hetero) is 1. The van der Waals surface area contributed by atoms with Crippen LogP contribution in [0, 0.1) is 5.92 Å². The fourth-order valence-electron chi connectivity index (χ4n) is 1.42. The number of aromatic nitrogens is 1. The first-order valence-corrected chi connectivity index (χ1v) is 4.81. The number of ketones is 1. The molecular weight excluding hydrogens is 178 g/mol. The highest BCUT2D eigenvalue weighted by molar-refractivity contribution is 5.85. The Kier molecular flexibility index (Phi) is 2.48. The molecule has 1 aliphatic rings. The summed E-state index contributed by atoms with van der Waals surface area (Å²) < 4.78 is 4.99. The van der Waals surface area contributed by atoms with Crippen LogP contribution in [0.15, 0.2) is 18.3 Å². The normalized spacial score (nSPS) is 15.2. The number of hydrogen-bond donors (Lipinski definition) is 0. The van der Waals surface area contributed by atoms with Crippen LogP contribution in [0.2, 0.25) is 0 Å². The molecule has 1 aromatic heterocycles. The molecule has 0 amide bonds. The third-order valence-electron chi connectivity index (χ3n) is 2.42. The molecule has 1 saturated carbocycles. The standard InChI is InChI=1S/C11H13NO2/c1-14-11-7-8(4-5-12-11)6-10(13)9-2-3-9/h4-5,7,9H,2-3,6H2,1H3. The minimum Gasteiger partial charge on any atom is -0.481 e. The molecule has 1 aromatic rings. The van der Waals surface area contributed by atoms with E-state index in [1.54, 1.807) is 13.3 Å². The smallest absolute Gasteiger partial charge is 0.213 e. The van der Waals surface area contributed by atoms with E-state index in [1.807, 2.05) is 12.1 Å². The molecule has 14 heavy (non-hydrogen) atoms. The van der Waals surface area contributed by atoms with Crippen LogP contribution in [0.3, 0.4) is 0 Å². The topological polar surface area (TPSA) is 39.2 Å². The average molecular weight is 191 g/mol. The molecule has 3 nitrogen and oxygen atoms in total. The molecule has 0 spiro atoms. The number of carbonyl (C=O) groups is 1. The molecule has 74 valence electrons. The van der Waals surface area contributed by atoms with Crippen molar-refractivity contribution in [3.63, 3.8) is 0 Å². The van der Waals surface area contributed by atoms with Crippen LogP contribution in [0.1, 0.15) is 18.4 Å². The van der Waals surface area contributed by atoms with Crippen molar-refractivity contribution in [2.45, 2.75) is 19.3 Å². The van der Waals surface area contributed by atoms with Crippen molar-refractivity contribution in [1.29, 1.82) is 0 Å². The van der Waals surface area contributed by atoms with Gasteiger partial charge in [-0.05, 0) is 24.5 Å². The summed E-state index contributed by atoms with van der Waals surface area (Å²) in [4.78, 5) is 15.5. The number of carbonyl (C=O) groups excluding carboxylic acids is 1. The second-order valence-electron chi connectivity index (χ2n) is 3.62. The van der Waals surface area contributed by atoms with Crippen LogP contribution in [0.5, 0.6) is 5.88 Å². The third-order valence-corrected chi connectivity index (χ3v) is 2.42. The van der Waals surface area contributed by atoms with E-state index in [0.29, 0.717) is 24.0 Å². The first-order chi connectivity index (χ1) is 6.79. The Balaban J connectivity index is 2.04. The molecule has 0 radical (unpaired) electrons. The highest BCUT2D eigenvalue weighted by Gasteiger charge is 2.29. The van der Waals surface area contributed by atoms with Crippen molar-refractivity contribution in [1.82, 2.24) is 4.98 Å². The van der Waals surface area contributed by atoms with Crippen molar-refractivity contribution in [2.24, 2.45) is 5.92 Å². The molecule has 2 rings (SSSR count). The zero-order valence-corrected chi connectivity index (χ0v) is 8.19. The minimum absolute atomic E-state index is 0.328. The number of rotatable bonds is 4. The Hall–Kier alpha value is -1.38. The van der Waals surface area contributed by atoms with Gasteiger partial charge >= 0.3 is 0 Å². The maximum Gasteiger partial charge on any atom is 0.213 e. The van der Waals surface area contributed by atoms with Gasteiger partial charge in [0.2, 0.25) is 5.88 Å². The zero-order chi connectivity index (χ0) is 9.97. The van der Waals surface area contributed by atoms with E-state index in [0.717, 1.165) is 18.4 Å². The fourth-order valence-corrected chi connectivity index (χ4v) is 1.42. The Morgan fingerprint density at radius 2 is 2.43 bits per heavy atom. The lowest BCUT2D eigenvalue weighted by Gasteiger charge is -2.02. The molecule has 0 aromatic carbocycles. The molecule has 0 bridgehead atoms. The van der Waals surface area contributed by atoms with Gasteiger partial charge in [0.15, 0.2) is 0 Å². The summed E-state index contributed by atoms with van der Waals surface area (Å²) in [5, 5.41) is 0. The molecule has 1 heterocycles. The van der Waals surface area contributed by atoms with E-state index in [2.05, 4.69) is 4.98 Å². The summed E-state index contributed by atoms with van der Waals surface area (Å²) in [5.74, 6) is 1.25. The number of methoxy groups -OCH3 is 1. The molecular formula is C11H13NO2. The van der Waals surface area contributed by atoms with Crippen LogP contribution in [-0.4, -0.2) is 17.9 Å². The van der Waals surface area contributed by atoms with E-state index < -0.39 is 0 Å². The van der Waals surface area contributed by atoms with Crippen LogP contribution in [0.4, 0.5) is 0 Å². The molecule has 0 N–H and O–H groups in total. The van der Waals surface area contributed by atoms with Gasteiger partial charge in [-0.15, -0.1) is 0 Å². The van der Waals surface area contributed by atoms with E-state index in [4.69, 9.17) is 4.74 Å². The van der Waals surface area contributed by atoms with Crippen molar-refractivity contribution in [3.8, 4) is 5.88 Å². The highest BCUT2D eigenvalue weighted by Crippen LogP contribution is 2.31. The minimum atomic E-state index is 0.328. The second-order valence-corrected chi connectivity index (χ2v) is 3.62. The van der Waals surface area contributed by atoms with Gasteiger partial charge in [0.25, 0.3) is 0 Å². The Morgan fingerprint density at radius 1 is 1.64 bits per heavy atom. The first kappa shape index (κ1) is 9.19. The Labute approximate surface area is 83.1 Å². The van der Waals surface area contributed by atoms with E-state index in [1.165, 1.54) is 0 Å². The quantitative estimate of drug-likeness (QED) is 0.725.